The molecule has 0 N–H and O–H groups in total. The van der Waals surface area contributed by atoms with Crippen LogP contribution in [0.4, 0.5) is 0 Å². The Balaban J connectivity index is 3.05. The highest BCUT2D eigenvalue weighted by atomic mass is 32.2. The van der Waals surface area contributed by atoms with Gasteiger partial charge in [0, 0.05) is 12.2 Å². The Bertz CT molecular complexity index is 91.3. The van der Waals surface area contributed by atoms with Gasteiger partial charge in [-0.25, -0.2) is 0 Å². The highest BCUT2D eigenvalue weighted by Gasteiger charge is 1.98. The van der Waals surface area contributed by atoms with Gasteiger partial charge in [0.25, 0.3) is 0 Å². The summed E-state index contributed by atoms with van der Waals surface area (Å²) in [5.41, 5.74) is 0. The summed E-state index contributed by atoms with van der Waals surface area (Å²) in [5, 5.41) is 0.302. The fourth-order valence-electron chi connectivity index (χ4n) is 0.710. The first-order valence-electron chi connectivity index (χ1n) is 3.78. The topological polar surface area (TPSA) is 17.1 Å². The van der Waals surface area contributed by atoms with E-state index >= 15 is 0 Å². The predicted molar refractivity (Wildman–Crippen MR) is 46.7 cm³/mol. The average molecular weight is 159 g/mol. The summed E-state index contributed by atoms with van der Waals surface area (Å²) >= 11 is 1.32. The van der Waals surface area contributed by atoms with Crippen molar-refractivity contribution >= 4 is 16.9 Å². The smallest absolute Gasteiger partial charge is 0.189 e. The van der Waals surface area contributed by atoms with Crippen molar-refractivity contribution in [3.05, 3.63) is 5.75 Å². The number of carbonyl (C=O) groups is 1. The summed E-state index contributed by atoms with van der Waals surface area (Å²) in [6, 6.07) is 0. The zero-order valence-electron chi connectivity index (χ0n) is 6.72. The molecule has 0 aliphatic carbocycles. The molecule has 0 amide bonds. The van der Waals surface area contributed by atoms with Crippen LogP contribution in [0.15, 0.2) is 0 Å². The Morgan fingerprint density at radius 2 is 2.20 bits per heavy atom. The van der Waals surface area contributed by atoms with Crippen LogP contribution >= 0.6 is 11.8 Å². The normalized spacial score (nSPS) is 9.80. The molecule has 1 radical (unpaired) electrons. The van der Waals surface area contributed by atoms with Crippen LogP contribution < -0.4 is 0 Å². The van der Waals surface area contributed by atoms with E-state index in [1.54, 1.807) is 0 Å². The molecule has 0 aromatic rings. The molecule has 0 aromatic carbocycles. The highest BCUT2D eigenvalue weighted by Crippen LogP contribution is 2.11. The first-order chi connectivity index (χ1) is 4.81. The van der Waals surface area contributed by atoms with Crippen molar-refractivity contribution in [2.45, 2.75) is 39.5 Å². The Morgan fingerprint density at radius 1 is 1.50 bits per heavy atom. The molecule has 0 fully saturated rings. The van der Waals surface area contributed by atoms with Crippen molar-refractivity contribution in [3.63, 3.8) is 0 Å². The molecule has 0 aliphatic rings. The number of hydrogen-bond donors (Lipinski definition) is 0. The van der Waals surface area contributed by atoms with Gasteiger partial charge in [0.05, 0.1) is 0 Å². The van der Waals surface area contributed by atoms with E-state index in [4.69, 9.17) is 0 Å². The van der Waals surface area contributed by atoms with Crippen molar-refractivity contribution in [1.29, 1.82) is 0 Å². The van der Waals surface area contributed by atoms with Crippen LogP contribution in [0.5, 0.6) is 0 Å². The van der Waals surface area contributed by atoms with Crippen molar-refractivity contribution in [3.8, 4) is 0 Å². The van der Waals surface area contributed by atoms with E-state index in [-0.39, 0.29) is 0 Å². The summed E-state index contributed by atoms with van der Waals surface area (Å²) in [5.74, 6) is 1.84. The van der Waals surface area contributed by atoms with Crippen LogP contribution in [-0.4, -0.2) is 5.12 Å². The lowest BCUT2D eigenvalue weighted by Crippen LogP contribution is -1.89. The van der Waals surface area contributed by atoms with Crippen molar-refractivity contribution in [2.24, 2.45) is 0 Å². The average Bonchev–Trinajstić information content (AvgIpc) is 1.89. The number of thioether (sulfide) groups is 1. The zero-order chi connectivity index (χ0) is 7.82. The largest absolute Gasteiger partial charge is 0.287 e. The molecule has 0 unspecified atom stereocenters. The maximum Gasteiger partial charge on any atom is 0.189 e. The van der Waals surface area contributed by atoms with E-state index in [0.717, 1.165) is 12.8 Å². The Labute approximate surface area is 67.6 Å². The van der Waals surface area contributed by atoms with Crippen LogP contribution in [0.2, 0.25) is 0 Å². The van der Waals surface area contributed by atoms with E-state index in [1.807, 2.05) is 12.7 Å². The van der Waals surface area contributed by atoms with E-state index in [0.29, 0.717) is 5.12 Å². The summed E-state index contributed by atoms with van der Waals surface area (Å²) in [4.78, 5) is 10.8. The minimum atomic E-state index is 0.302. The molecule has 0 heterocycles. The van der Waals surface area contributed by atoms with Gasteiger partial charge in [-0.05, 0) is 6.42 Å². The van der Waals surface area contributed by atoms with Gasteiger partial charge in [0.1, 0.15) is 0 Å². The van der Waals surface area contributed by atoms with Gasteiger partial charge in [-0.2, -0.15) is 0 Å². The minimum Gasteiger partial charge on any atom is -0.287 e. The van der Waals surface area contributed by atoms with Gasteiger partial charge in [-0.1, -0.05) is 38.5 Å². The van der Waals surface area contributed by atoms with Crippen LogP contribution in [0.3, 0.4) is 0 Å². The maximum absolute atomic E-state index is 10.8. The van der Waals surface area contributed by atoms with Gasteiger partial charge in [-0.15, -0.1) is 0 Å². The van der Waals surface area contributed by atoms with Crippen LogP contribution in [0, 0.1) is 5.75 Å². The second-order valence-electron chi connectivity index (χ2n) is 2.18. The summed E-state index contributed by atoms with van der Waals surface area (Å²) in [7, 11) is 0. The molecule has 0 rings (SSSR count). The Kier molecular flexibility index (Phi) is 7.15. The van der Waals surface area contributed by atoms with Gasteiger partial charge >= 0.3 is 0 Å². The molecule has 0 aromatic heterocycles. The lowest BCUT2D eigenvalue weighted by Gasteiger charge is -1.95. The molecule has 0 aliphatic heterocycles. The molecule has 2 heteroatoms. The van der Waals surface area contributed by atoms with Gasteiger partial charge in [0.2, 0.25) is 0 Å². The van der Waals surface area contributed by atoms with E-state index < -0.39 is 0 Å². The lowest BCUT2D eigenvalue weighted by atomic mass is 10.2. The van der Waals surface area contributed by atoms with E-state index in [9.17, 15) is 4.79 Å². The van der Waals surface area contributed by atoms with E-state index in [1.165, 1.54) is 24.6 Å². The fourth-order valence-corrected chi connectivity index (χ4v) is 1.23. The molecule has 0 bridgehead atoms. The maximum atomic E-state index is 10.8. The Hall–Kier alpha value is 0.0200. The summed E-state index contributed by atoms with van der Waals surface area (Å²) < 4.78 is 0. The van der Waals surface area contributed by atoms with E-state index in [2.05, 4.69) is 6.92 Å². The second-order valence-corrected chi connectivity index (χ2v) is 3.35. The van der Waals surface area contributed by atoms with Crippen LogP contribution in [0.1, 0.15) is 39.5 Å². The SMILES string of the molecule is C[CH]SC(=O)CCCCC. The molecule has 0 saturated carbocycles. The number of hydrogen-bond acceptors (Lipinski definition) is 2. The standard InChI is InChI=1S/C8H15OS/c1-3-5-6-7-8(9)10-4-2/h4H,3,5-7H2,1-2H3. The van der Waals surface area contributed by atoms with Crippen molar-refractivity contribution in [2.75, 3.05) is 0 Å². The second kappa shape index (κ2) is 7.13. The van der Waals surface area contributed by atoms with Crippen LogP contribution in [-0.2, 0) is 4.79 Å². The molecule has 10 heavy (non-hydrogen) atoms. The number of unbranched alkanes of at least 4 members (excludes halogenated alkanes) is 2. The molecule has 0 spiro atoms. The highest BCUT2D eigenvalue weighted by molar-refractivity contribution is 8.15. The third-order valence-electron chi connectivity index (χ3n) is 1.23. The Morgan fingerprint density at radius 3 is 2.70 bits per heavy atom. The fraction of sp³-hybridized carbons (Fsp3) is 0.750. The molecular weight excluding hydrogens is 144 g/mol. The third-order valence-corrected chi connectivity index (χ3v) is 1.94. The first kappa shape index (κ1) is 10.0. The van der Waals surface area contributed by atoms with Gasteiger partial charge in [-0.3, -0.25) is 4.79 Å². The first-order valence-corrected chi connectivity index (χ1v) is 4.66. The predicted octanol–water partition coefficient (Wildman–Crippen LogP) is 3.01. The summed E-state index contributed by atoms with van der Waals surface area (Å²) in [6.45, 7) is 4.03. The zero-order valence-corrected chi connectivity index (χ0v) is 7.54. The summed E-state index contributed by atoms with van der Waals surface area (Å²) in [6.07, 6.45) is 4.16. The monoisotopic (exact) mass is 159 g/mol. The molecule has 59 valence electrons. The van der Waals surface area contributed by atoms with Gasteiger partial charge < -0.3 is 0 Å². The van der Waals surface area contributed by atoms with Crippen LogP contribution in [0.25, 0.3) is 0 Å². The van der Waals surface area contributed by atoms with Crippen molar-refractivity contribution in [1.82, 2.24) is 0 Å². The molecule has 0 atom stereocenters. The number of carbonyl (C=O) groups excluding carboxylic acids is 1. The van der Waals surface area contributed by atoms with Crippen molar-refractivity contribution < 1.29 is 4.79 Å². The minimum absolute atomic E-state index is 0.302. The third kappa shape index (κ3) is 6.14. The molecule has 1 nitrogen and oxygen atoms in total. The molecular formula is C8H15OS. The quantitative estimate of drug-likeness (QED) is 0.574. The van der Waals surface area contributed by atoms with Gasteiger partial charge in [0.15, 0.2) is 5.12 Å². The lowest BCUT2D eigenvalue weighted by molar-refractivity contribution is -0.111. The number of rotatable bonds is 5. The molecule has 0 saturated heterocycles.